The van der Waals surface area contributed by atoms with Gasteiger partial charge in [0.15, 0.2) is 0 Å². The first-order valence-corrected chi connectivity index (χ1v) is 12.1. The number of aliphatic hydroxyl groups is 1. The lowest BCUT2D eigenvalue weighted by Gasteiger charge is -2.29. The molecule has 1 heterocycles. The Morgan fingerprint density at radius 1 is 1.15 bits per heavy atom. The summed E-state index contributed by atoms with van der Waals surface area (Å²) in [5.74, 6) is -0.594. The summed E-state index contributed by atoms with van der Waals surface area (Å²) < 4.78 is 12.0. The molecule has 2 aromatic rings. The Morgan fingerprint density at radius 3 is 2.53 bits per heavy atom. The lowest BCUT2D eigenvalue weighted by Crippen LogP contribution is -2.46. The molecule has 1 aliphatic heterocycles. The van der Waals surface area contributed by atoms with Gasteiger partial charge in [-0.15, -0.1) is 0 Å². The summed E-state index contributed by atoms with van der Waals surface area (Å²) >= 11 is 0. The number of fused-ring (bicyclic) bond motifs is 3. The number of benzene rings is 2. The molecule has 6 heteroatoms. The lowest BCUT2D eigenvalue weighted by atomic mass is 9.93. The summed E-state index contributed by atoms with van der Waals surface area (Å²) in [6.45, 7) is 13.1. The number of rotatable bonds is 10. The molecule has 1 unspecified atom stereocenters. The zero-order chi connectivity index (χ0) is 24.8. The Hall–Kier alpha value is -2.41. The average molecular weight is 468 g/mol. The molecular weight excluding hydrogens is 430 g/mol. The fourth-order valence-corrected chi connectivity index (χ4v) is 5.07. The summed E-state index contributed by atoms with van der Waals surface area (Å²) in [6, 6.07) is 10.5. The van der Waals surface area contributed by atoms with E-state index >= 15 is 0 Å². The van der Waals surface area contributed by atoms with Crippen LogP contribution in [0.5, 0.6) is 5.75 Å². The maximum Gasteiger partial charge on any atom is 0.311 e. The number of nitrogens with one attached hydrogen (secondary N) is 1. The van der Waals surface area contributed by atoms with E-state index < -0.39 is 18.0 Å². The number of carboxylic acids is 1. The number of carbonyl (C=O) groups is 1. The highest BCUT2D eigenvalue weighted by Gasteiger charge is 2.64. The van der Waals surface area contributed by atoms with Crippen LogP contribution in [0.4, 0.5) is 0 Å². The Balaban J connectivity index is 1.32. The van der Waals surface area contributed by atoms with Gasteiger partial charge in [-0.25, -0.2) is 0 Å². The standard InChI is InChI=1S/C28H37NO5/c1-15-7-9-19(11-17(15)3)12-28(5,6)29-13-20(30)14-33-18(4)21-10-8-16(2)25-22(21)23-24(27(31)32)26(23)34-25/h7-11,18,20,23-24,26,29-30H,12-14H2,1-6H3,(H,31,32)/t18-,20?,23+,24+,26+/m1/s1. The minimum atomic E-state index is -0.813. The van der Waals surface area contributed by atoms with Crippen molar-refractivity contribution in [1.29, 1.82) is 0 Å². The largest absolute Gasteiger partial charge is 0.488 e. The third-order valence-electron chi connectivity index (χ3n) is 7.26. The summed E-state index contributed by atoms with van der Waals surface area (Å²) in [6.07, 6.45) is -0.337. The molecule has 3 N–H and O–H groups in total. The number of hydrogen-bond acceptors (Lipinski definition) is 5. The maximum atomic E-state index is 11.5. The predicted molar refractivity (Wildman–Crippen MR) is 132 cm³/mol. The molecule has 6 nitrogen and oxygen atoms in total. The Labute approximate surface area is 202 Å². The van der Waals surface area contributed by atoms with Gasteiger partial charge in [-0.2, -0.15) is 0 Å². The van der Waals surface area contributed by atoms with Crippen LogP contribution in [0.2, 0.25) is 0 Å². The summed E-state index contributed by atoms with van der Waals surface area (Å²) in [5, 5.41) is 23.5. The lowest BCUT2D eigenvalue weighted by molar-refractivity contribution is -0.139. The molecule has 4 rings (SSSR count). The van der Waals surface area contributed by atoms with Gasteiger partial charge in [0.25, 0.3) is 0 Å². The van der Waals surface area contributed by atoms with Crippen LogP contribution in [0.1, 0.15) is 66.2 Å². The molecular formula is C28H37NO5. The van der Waals surface area contributed by atoms with Crippen molar-refractivity contribution in [3.05, 3.63) is 63.7 Å². The van der Waals surface area contributed by atoms with Crippen molar-refractivity contribution >= 4 is 5.97 Å². The molecule has 184 valence electrons. The summed E-state index contributed by atoms with van der Waals surface area (Å²) in [7, 11) is 0. The van der Waals surface area contributed by atoms with Gasteiger partial charge in [-0.05, 0) is 75.8 Å². The number of β-amino-alcohol motifs (C(OH)–C–C–N with tert-alkyl or cyclic N) is 1. The molecule has 1 aliphatic carbocycles. The van der Waals surface area contributed by atoms with Gasteiger partial charge in [0.2, 0.25) is 0 Å². The van der Waals surface area contributed by atoms with Crippen molar-refractivity contribution in [2.45, 2.75) is 77.7 Å². The van der Waals surface area contributed by atoms with Crippen molar-refractivity contribution in [2.24, 2.45) is 5.92 Å². The number of aliphatic carboxylic acids is 1. The smallest absolute Gasteiger partial charge is 0.311 e. The quantitative estimate of drug-likeness (QED) is 0.485. The normalized spacial score (nSPS) is 22.5. The van der Waals surface area contributed by atoms with Crippen LogP contribution in [-0.4, -0.2) is 47.1 Å². The molecule has 2 aromatic carbocycles. The first-order chi connectivity index (χ1) is 16.0. The molecule has 2 aliphatic rings. The van der Waals surface area contributed by atoms with Crippen molar-refractivity contribution < 1.29 is 24.5 Å². The highest BCUT2D eigenvalue weighted by Crippen LogP contribution is 2.61. The van der Waals surface area contributed by atoms with Crippen molar-refractivity contribution in [3.8, 4) is 5.75 Å². The van der Waals surface area contributed by atoms with Crippen LogP contribution in [0.25, 0.3) is 0 Å². The van der Waals surface area contributed by atoms with Crippen molar-refractivity contribution in [3.63, 3.8) is 0 Å². The van der Waals surface area contributed by atoms with Crippen molar-refractivity contribution in [1.82, 2.24) is 5.32 Å². The third-order valence-corrected chi connectivity index (χ3v) is 7.26. The number of hydrogen-bond donors (Lipinski definition) is 3. The highest BCUT2D eigenvalue weighted by molar-refractivity contribution is 5.79. The Bertz CT molecular complexity index is 1080. The topological polar surface area (TPSA) is 88.0 Å². The number of aliphatic hydroxyl groups excluding tert-OH is 1. The van der Waals surface area contributed by atoms with Gasteiger partial charge in [-0.1, -0.05) is 30.3 Å². The first-order valence-electron chi connectivity index (χ1n) is 12.1. The first kappa shape index (κ1) is 24.7. The van der Waals surface area contributed by atoms with Gasteiger partial charge in [-0.3, -0.25) is 4.79 Å². The van der Waals surface area contributed by atoms with Crippen LogP contribution in [0, 0.1) is 26.7 Å². The molecule has 1 fully saturated rings. The van der Waals surface area contributed by atoms with E-state index in [1.165, 1.54) is 16.7 Å². The zero-order valence-electron chi connectivity index (χ0n) is 21.0. The molecule has 0 saturated heterocycles. The van der Waals surface area contributed by atoms with Gasteiger partial charge >= 0.3 is 5.97 Å². The van der Waals surface area contributed by atoms with Gasteiger partial charge in [0, 0.05) is 23.6 Å². The summed E-state index contributed by atoms with van der Waals surface area (Å²) in [5.41, 5.74) is 6.61. The van der Waals surface area contributed by atoms with E-state index in [4.69, 9.17) is 9.47 Å². The summed E-state index contributed by atoms with van der Waals surface area (Å²) in [4.78, 5) is 11.5. The van der Waals surface area contributed by atoms with E-state index in [9.17, 15) is 15.0 Å². The van der Waals surface area contributed by atoms with E-state index in [0.717, 1.165) is 28.9 Å². The van der Waals surface area contributed by atoms with Crippen LogP contribution < -0.4 is 10.1 Å². The average Bonchev–Trinajstić information content (AvgIpc) is 3.35. The molecule has 34 heavy (non-hydrogen) atoms. The number of carboxylic acid groups (broad SMARTS) is 1. The molecule has 0 bridgehead atoms. The Morgan fingerprint density at radius 2 is 1.85 bits per heavy atom. The second-order valence-electron chi connectivity index (χ2n) is 10.7. The highest BCUT2D eigenvalue weighted by atomic mass is 16.5. The van der Waals surface area contributed by atoms with Crippen molar-refractivity contribution in [2.75, 3.05) is 13.2 Å². The van der Waals surface area contributed by atoms with E-state index in [1.807, 2.05) is 26.0 Å². The van der Waals surface area contributed by atoms with E-state index in [0.29, 0.717) is 6.54 Å². The molecule has 0 radical (unpaired) electrons. The molecule has 5 atom stereocenters. The number of ether oxygens (including phenoxy) is 2. The van der Waals surface area contributed by atoms with Gasteiger partial charge in [0.05, 0.1) is 18.8 Å². The molecule has 0 aromatic heterocycles. The minimum Gasteiger partial charge on any atom is -0.488 e. The maximum absolute atomic E-state index is 11.5. The van der Waals surface area contributed by atoms with Gasteiger partial charge < -0.3 is 25.0 Å². The Kier molecular flexibility index (Phi) is 6.78. The molecule has 0 amide bonds. The third kappa shape index (κ3) is 4.99. The van der Waals surface area contributed by atoms with Crippen LogP contribution in [-0.2, 0) is 16.0 Å². The van der Waals surface area contributed by atoms with E-state index in [-0.39, 0.29) is 30.3 Å². The second kappa shape index (κ2) is 9.33. The zero-order valence-corrected chi connectivity index (χ0v) is 21.0. The van der Waals surface area contributed by atoms with E-state index in [1.54, 1.807) is 0 Å². The van der Waals surface area contributed by atoms with Crippen LogP contribution in [0.15, 0.2) is 30.3 Å². The van der Waals surface area contributed by atoms with Gasteiger partial charge in [0.1, 0.15) is 17.8 Å². The molecule has 0 spiro atoms. The fourth-order valence-electron chi connectivity index (χ4n) is 5.07. The van der Waals surface area contributed by atoms with E-state index in [2.05, 4.69) is 51.2 Å². The van der Waals surface area contributed by atoms with Crippen LogP contribution >= 0.6 is 0 Å². The fraction of sp³-hybridized carbons (Fsp3) is 0.536. The monoisotopic (exact) mass is 467 g/mol. The SMILES string of the molecule is Cc1ccc(CC(C)(C)NCC(O)CO[C@H](C)c2ccc(C)c3c2[C@@H]2[C@H](O3)[C@H]2C(=O)O)cc1C. The second-order valence-corrected chi connectivity index (χ2v) is 10.7. The number of aryl methyl sites for hydroxylation is 3. The minimum absolute atomic E-state index is 0.105. The van der Waals surface area contributed by atoms with Crippen LogP contribution in [0.3, 0.4) is 0 Å². The molecule has 1 saturated carbocycles. The predicted octanol–water partition coefficient (Wildman–Crippen LogP) is 4.22.